The van der Waals surface area contributed by atoms with Crippen molar-refractivity contribution < 1.29 is 14.1 Å². The Hall–Kier alpha value is -2.35. The molecule has 1 aromatic carbocycles. The van der Waals surface area contributed by atoms with Gasteiger partial charge in [-0.15, -0.1) is 0 Å². The Morgan fingerprint density at radius 1 is 1.41 bits per heavy atom. The van der Waals surface area contributed by atoms with Gasteiger partial charge in [-0.1, -0.05) is 17.8 Å². The minimum atomic E-state index is -0.474. The maximum absolute atomic E-state index is 11.9. The molecule has 0 saturated heterocycles. The largest absolute Gasteiger partial charge is 0.437 e. The van der Waals surface area contributed by atoms with Gasteiger partial charge in [0.1, 0.15) is 5.76 Å². The van der Waals surface area contributed by atoms with E-state index < -0.39 is 4.92 Å². The van der Waals surface area contributed by atoms with E-state index in [2.05, 4.69) is 10.3 Å². The van der Waals surface area contributed by atoms with Gasteiger partial charge >= 0.3 is 0 Å². The number of thioether (sulfide) groups is 1. The van der Waals surface area contributed by atoms with Crippen LogP contribution in [0.3, 0.4) is 0 Å². The van der Waals surface area contributed by atoms with Gasteiger partial charge in [-0.2, -0.15) is 0 Å². The summed E-state index contributed by atoms with van der Waals surface area (Å²) in [5.74, 6) is 0.557. The highest BCUT2D eigenvalue weighted by atomic mass is 32.2. The first-order valence-electron chi connectivity index (χ1n) is 6.49. The van der Waals surface area contributed by atoms with Crippen molar-refractivity contribution in [2.24, 2.45) is 0 Å². The molecule has 1 heterocycles. The van der Waals surface area contributed by atoms with E-state index in [4.69, 9.17) is 4.42 Å². The Labute approximate surface area is 131 Å². The zero-order chi connectivity index (χ0) is 16.3. The summed E-state index contributed by atoms with van der Waals surface area (Å²) in [6.45, 7) is 5.23. The second-order valence-electron chi connectivity index (χ2n) is 4.67. The number of nitrogens with zero attached hydrogens (tertiary/aromatic N) is 2. The highest BCUT2D eigenvalue weighted by molar-refractivity contribution is 7.99. The van der Waals surface area contributed by atoms with Crippen molar-refractivity contribution in [1.29, 1.82) is 0 Å². The molecule has 8 heteroatoms. The lowest BCUT2D eigenvalue weighted by atomic mass is 10.1. The van der Waals surface area contributed by atoms with Crippen molar-refractivity contribution in [2.45, 2.75) is 26.0 Å². The number of oxazole rings is 1. The van der Waals surface area contributed by atoms with E-state index >= 15 is 0 Å². The monoisotopic (exact) mass is 321 g/mol. The molecule has 0 aliphatic carbocycles. The quantitative estimate of drug-likeness (QED) is 0.515. The lowest BCUT2D eigenvalue weighted by Crippen LogP contribution is -2.15. The van der Waals surface area contributed by atoms with E-state index in [9.17, 15) is 14.9 Å². The average Bonchev–Trinajstić information content (AvgIpc) is 2.77. The molecule has 1 N–H and O–H groups in total. The predicted molar refractivity (Wildman–Crippen MR) is 83.2 cm³/mol. The molecule has 1 aromatic heterocycles. The molecular weight excluding hydrogens is 306 g/mol. The van der Waals surface area contributed by atoms with E-state index in [0.717, 1.165) is 11.5 Å². The highest BCUT2D eigenvalue weighted by Crippen LogP contribution is 2.26. The molecule has 0 aliphatic heterocycles. The highest BCUT2D eigenvalue weighted by Gasteiger charge is 2.15. The van der Waals surface area contributed by atoms with Crippen LogP contribution in [0.4, 0.5) is 11.4 Å². The number of benzene rings is 1. The van der Waals surface area contributed by atoms with Crippen molar-refractivity contribution in [3.8, 4) is 0 Å². The molecule has 1 amide bonds. The van der Waals surface area contributed by atoms with Crippen LogP contribution in [-0.4, -0.2) is 21.6 Å². The summed E-state index contributed by atoms with van der Waals surface area (Å²) in [4.78, 5) is 26.5. The number of carbonyl (C=O) groups excluding carboxylic acids is 1. The van der Waals surface area contributed by atoms with Crippen molar-refractivity contribution in [3.63, 3.8) is 0 Å². The van der Waals surface area contributed by atoms with E-state index in [1.165, 1.54) is 23.9 Å². The van der Waals surface area contributed by atoms with Gasteiger partial charge in [0.25, 0.3) is 10.9 Å². The van der Waals surface area contributed by atoms with E-state index in [0.29, 0.717) is 16.5 Å². The number of nitro benzene ring substituents is 1. The Kier molecular flexibility index (Phi) is 4.81. The van der Waals surface area contributed by atoms with Crippen LogP contribution in [0.1, 0.15) is 17.0 Å². The molecule has 7 nitrogen and oxygen atoms in total. The third-order valence-corrected chi connectivity index (χ3v) is 3.94. The number of rotatable bonds is 5. The van der Waals surface area contributed by atoms with Crippen LogP contribution in [-0.2, 0) is 4.79 Å². The summed E-state index contributed by atoms with van der Waals surface area (Å²) in [6, 6.07) is 4.57. The fraction of sp³-hybridized carbons (Fsp3) is 0.286. The molecule has 0 spiro atoms. The smallest absolute Gasteiger partial charge is 0.274 e. The standard InChI is InChI=1S/C14H15N3O4S/c1-8-11(5-4-6-12(8)17(19)20)16-13(18)7-22-14-15-9(2)10(3)21-14/h4-6H,7H2,1-3H3,(H,16,18). The molecule has 0 unspecified atom stereocenters. The number of carbonyl (C=O) groups is 1. The number of anilines is 1. The maximum atomic E-state index is 11.9. The summed E-state index contributed by atoms with van der Waals surface area (Å²) >= 11 is 1.18. The topological polar surface area (TPSA) is 98.3 Å². The number of hydrogen-bond acceptors (Lipinski definition) is 6. The van der Waals surface area contributed by atoms with Gasteiger partial charge in [0.05, 0.1) is 27.6 Å². The lowest BCUT2D eigenvalue weighted by Gasteiger charge is -2.07. The number of nitrogens with one attached hydrogen (secondary N) is 1. The number of amides is 1. The van der Waals surface area contributed by atoms with Gasteiger partial charge in [0, 0.05) is 6.07 Å². The zero-order valence-electron chi connectivity index (χ0n) is 12.4. The van der Waals surface area contributed by atoms with Crippen molar-refractivity contribution >= 4 is 29.0 Å². The van der Waals surface area contributed by atoms with Crippen LogP contribution in [0.2, 0.25) is 0 Å². The Morgan fingerprint density at radius 2 is 2.14 bits per heavy atom. The molecule has 0 aliphatic rings. The molecular formula is C14H15N3O4S. The number of nitro groups is 1. The number of aryl methyl sites for hydroxylation is 2. The third kappa shape index (κ3) is 3.64. The maximum Gasteiger partial charge on any atom is 0.274 e. The van der Waals surface area contributed by atoms with E-state index in [1.54, 1.807) is 19.9 Å². The van der Waals surface area contributed by atoms with Crippen LogP contribution in [0.15, 0.2) is 27.8 Å². The molecule has 0 bridgehead atoms. The third-order valence-electron chi connectivity index (χ3n) is 3.11. The molecule has 22 heavy (non-hydrogen) atoms. The van der Waals surface area contributed by atoms with Gasteiger partial charge in [-0.25, -0.2) is 4.98 Å². The van der Waals surface area contributed by atoms with Crippen LogP contribution in [0, 0.1) is 30.9 Å². The van der Waals surface area contributed by atoms with E-state index in [-0.39, 0.29) is 17.3 Å². The van der Waals surface area contributed by atoms with Crippen LogP contribution < -0.4 is 5.32 Å². The Morgan fingerprint density at radius 3 is 2.73 bits per heavy atom. The first-order chi connectivity index (χ1) is 10.4. The molecule has 0 radical (unpaired) electrons. The summed E-state index contributed by atoms with van der Waals surface area (Å²) in [7, 11) is 0. The molecule has 2 rings (SSSR count). The van der Waals surface area contributed by atoms with Crippen LogP contribution >= 0.6 is 11.8 Å². The van der Waals surface area contributed by atoms with Gasteiger partial charge in [-0.3, -0.25) is 14.9 Å². The summed E-state index contributed by atoms with van der Waals surface area (Å²) in [6.07, 6.45) is 0. The first-order valence-corrected chi connectivity index (χ1v) is 7.47. The molecule has 116 valence electrons. The first kappa shape index (κ1) is 16.0. The number of hydrogen-bond donors (Lipinski definition) is 1. The fourth-order valence-corrected chi connectivity index (χ4v) is 2.49. The Bertz CT molecular complexity index is 707. The normalized spacial score (nSPS) is 10.5. The van der Waals surface area contributed by atoms with Gasteiger partial charge in [-0.05, 0) is 26.8 Å². The lowest BCUT2D eigenvalue weighted by molar-refractivity contribution is -0.385. The predicted octanol–water partition coefficient (Wildman–Crippen LogP) is 3.24. The minimum Gasteiger partial charge on any atom is -0.437 e. The van der Waals surface area contributed by atoms with Crippen LogP contribution in [0.5, 0.6) is 0 Å². The molecule has 2 aromatic rings. The molecule has 0 atom stereocenters. The molecule has 0 fully saturated rings. The SMILES string of the molecule is Cc1nc(SCC(=O)Nc2cccc([N+](=O)[O-])c2C)oc1C. The second-order valence-corrected chi connectivity index (χ2v) is 5.59. The van der Waals surface area contributed by atoms with Gasteiger partial charge < -0.3 is 9.73 Å². The van der Waals surface area contributed by atoms with Crippen molar-refractivity contribution in [2.75, 3.05) is 11.1 Å². The second kappa shape index (κ2) is 6.61. The van der Waals surface area contributed by atoms with Crippen molar-refractivity contribution in [3.05, 3.63) is 45.3 Å². The average molecular weight is 321 g/mol. The summed E-state index contributed by atoms with van der Waals surface area (Å²) < 4.78 is 5.37. The van der Waals surface area contributed by atoms with Crippen LogP contribution in [0.25, 0.3) is 0 Å². The minimum absolute atomic E-state index is 0.0237. The zero-order valence-corrected chi connectivity index (χ0v) is 13.2. The van der Waals surface area contributed by atoms with E-state index in [1.807, 2.05) is 6.92 Å². The summed E-state index contributed by atoms with van der Waals surface area (Å²) in [5, 5.41) is 14.0. The fourth-order valence-electron chi connectivity index (χ4n) is 1.78. The number of aromatic nitrogens is 1. The van der Waals surface area contributed by atoms with Gasteiger partial charge in [0.15, 0.2) is 0 Å². The van der Waals surface area contributed by atoms with Crippen molar-refractivity contribution in [1.82, 2.24) is 4.98 Å². The molecule has 0 saturated carbocycles. The van der Waals surface area contributed by atoms with Gasteiger partial charge in [0.2, 0.25) is 5.91 Å². The Balaban J connectivity index is 2.00. The summed E-state index contributed by atoms with van der Waals surface area (Å²) in [5.41, 5.74) is 1.62.